The number of benzene rings is 2. The number of hydrogen-bond acceptors (Lipinski definition) is 6. The third kappa shape index (κ3) is 4.45. The van der Waals surface area contributed by atoms with Gasteiger partial charge in [0.05, 0.1) is 6.04 Å². The maximum absolute atomic E-state index is 14.1. The molecule has 7 nitrogen and oxygen atoms in total. The zero-order valence-corrected chi connectivity index (χ0v) is 18.1. The summed E-state index contributed by atoms with van der Waals surface area (Å²) in [6.45, 7) is 0.120. The molecule has 0 saturated carbocycles. The summed E-state index contributed by atoms with van der Waals surface area (Å²) in [5, 5.41) is 11.4. The third-order valence-electron chi connectivity index (χ3n) is 4.71. The molecule has 2 heterocycles. The van der Waals surface area contributed by atoms with Gasteiger partial charge in [0.15, 0.2) is 0 Å². The number of nitrogens with zero attached hydrogens (tertiary/aromatic N) is 3. The van der Waals surface area contributed by atoms with Crippen molar-refractivity contribution in [2.75, 3.05) is 11.9 Å². The van der Waals surface area contributed by atoms with Gasteiger partial charge in [-0.05, 0) is 55.3 Å². The zero-order valence-electron chi connectivity index (χ0n) is 15.8. The van der Waals surface area contributed by atoms with Crippen molar-refractivity contribution in [3.8, 4) is 0 Å². The molecule has 0 aliphatic carbocycles. The fraction of sp³-hybridized carbons (Fsp3) is 0.211. The highest BCUT2D eigenvalue weighted by Gasteiger charge is 2.39. The van der Waals surface area contributed by atoms with Crippen LogP contribution in [-0.2, 0) is 10.0 Å². The van der Waals surface area contributed by atoms with Gasteiger partial charge in [0.2, 0.25) is 15.0 Å². The number of amides is 1. The summed E-state index contributed by atoms with van der Waals surface area (Å²) in [4.78, 5) is 11.7. The number of nitrogens with one attached hydrogen (secondary N) is 1. The van der Waals surface area contributed by atoms with Crippen LogP contribution in [0.25, 0.3) is 0 Å². The van der Waals surface area contributed by atoms with Crippen LogP contribution in [0, 0.1) is 11.6 Å². The third-order valence-corrected chi connectivity index (χ3v) is 7.90. The van der Waals surface area contributed by atoms with Gasteiger partial charge in [0.1, 0.15) is 21.5 Å². The van der Waals surface area contributed by atoms with E-state index in [0.717, 1.165) is 27.8 Å². The summed E-state index contributed by atoms with van der Waals surface area (Å²) < 4.78 is 54.7. The minimum atomic E-state index is -4.31. The Hall–Kier alpha value is -2.47. The standard InChI is InChI=1S/C19H15ClF2N4O3S2/c20-11-3-6-13(7-4-11)23-17(27)19-25-24-18(30-19)15-2-1-9-26(15)31(28,29)16-10-12(21)5-8-14(16)22/h3-8,10,15H,1-2,9H2,(H,23,27). The van der Waals surface area contributed by atoms with E-state index in [-0.39, 0.29) is 11.6 Å². The highest BCUT2D eigenvalue weighted by molar-refractivity contribution is 7.89. The molecule has 1 N–H and O–H groups in total. The van der Waals surface area contributed by atoms with Crippen LogP contribution in [0.15, 0.2) is 47.4 Å². The SMILES string of the molecule is O=C(Nc1ccc(Cl)cc1)c1nnc(C2CCCN2S(=O)(=O)c2cc(F)ccc2F)s1. The van der Waals surface area contributed by atoms with E-state index in [0.29, 0.717) is 34.6 Å². The largest absolute Gasteiger partial charge is 0.320 e. The number of rotatable bonds is 5. The summed E-state index contributed by atoms with van der Waals surface area (Å²) in [6, 6.07) is 8.06. The second-order valence-corrected chi connectivity index (χ2v) is 10.1. The molecule has 1 saturated heterocycles. The zero-order chi connectivity index (χ0) is 22.2. The molecule has 1 aromatic heterocycles. The lowest BCUT2D eigenvalue weighted by molar-refractivity contribution is 0.102. The van der Waals surface area contributed by atoms with E-state index in [4.69, 9.17) is 11.6 Å². The predicted octanol–water partition coefficient (Wildman–Crippen LogP) is 4.25. The van der Waals surface area contributed by atoms with Crippen LogP contribution in [0.5, 0.6) is 0 Å². The first-order chi connectivity index (χ1) is 14.8. The molecule has 3 aromatic rings. The van der Waals surface area contributed by atoms with Crippen molar-refractivity contribution in [1.29, 1.82) is 0 Å². The second-order valence-electron chi connectivity index (χ2n) is 6.75. The van der Waals surface area contributed by atoms with Crippen LogP contribution in [0.3, 0.4) is 0 Å². The topological polar surface area (TPSA) is 92.3 Å². The molecule has 1 fully saturated rings. The van der Waals surface area contributed by atoms with E-state index in [1.165, 1.54) is 0 Å². The Kier molecular flexibility index (Phi) is 6.02. The summed E-state index contributed by atoms with van der Waals surface area (Å²) in [7, 11) is -4.31. The lowest BCUT2D eigenvalue weighted by atomic mass is 10.2. The molecule has 0 bridgehead atoms. The molecular weight excluding hydrogens is 470 g/mol. The molecule has 162 valence electrons. The molecule has 31 heavy (non-hydrogen) atoms. The first-order valence-electron chi connectivity index (χ1n) is 9.13. The van der Waals surface area contributed by atoms with Crippen molar-refractivity contribution in [3.05, 3.63) is 69.1 Å². The fourth-order valence-corrected chi connectivity index (χ4v) is 6.07. The fourth-order valence-electron chi connectivity index (χ4n) is 3.25. The van der Waals surface area contributed by atoms with Gasteiger partial charge in [-0.25, -0.2) is 17.2 Å². The van der Waals surface area contributed by atoms with Gasteiger partial charge in [0, 0.05) is 17.3 Å². The molecule has 1 aliphatic rings. The number of anilines is 1. The van der Waals surface area contributed by atoms with Crippen molar-refractivity contribution in [2.45, 2.75) is 23.8 Å². The molecule has 2 aromatic carbocycles. The molecule has 1 amide bonds. The highest BCUT2D eigenvalue weighted by Crippen LogP contribution is 2.38. The number of aromatic nitrogens is 2. The molecule has 1 unspecified atom stereocenters. The van der Waals surface area contributed by atoms with Crippen molar-refractivity contribution in [3.63, 3.8) is 0 Å². The molecule has 4 rings (SSSR count). The van der Waals surface area contributed by atoms with Crippen molar-refractivity contribution in [2.24, 2.45) is 0 Å². The van der Waals surface area contributed by atoms with Gasteiger partial charge in [0.25, 0.3) is 5.91 Å². The van der Waals surface area contributed by atoms with Crippen molar-refractivity contribution in [1.82, 2.24) is 14.5 Å². The van der Waals surface area contributed by atoms with E-state index in [1.807, 2.05) is 0 Å². The van der Waals surface area contributed by atoms with Crippen LogP contribution in [0.2, 0.25) is 5.02 Å². The van der Waals surface area contributed by atoms with Crippen LogP contribution in [-0.4, -0.2) is 35.4 Å². The Bertz CT molecular complexity index is 1240. The molecule has 0 radical (unpaired) electrons. The number of carbonyl (C=O) groups excluding carboxylic acids is 1. The van der Waals surface area contributed by atoms with Gasteiger partial charge in [-0.3, -0.25) is 4.79 Å². The first-order valence-corrected chi connectivity index (χ1v) is 11.8. The number of halogens is 3. The van der Waals surface area contributed by atoms with Crippen LogP contribution in [0.1, 0.15) is 33.7 Å². The average molecular weight is 485 g/mol. The molecule has 1 aliphatic heterocycles. The van der Waals surface area contributed by atoms with E-state index < -0.39 is 38.5 Å². The van der Waals surface area contributed by atoms with E-state index >= 15 is 0 Å². The first kappa shape index (κ1) is 21.8. The minimum absolute atomic E-state index is 0.0473. The van der Waals surface area contributed by atoms with Gasteiger partial charge in [-0.15, -0.1) is 10.2 Å². The monoisotopic (exact) mass is 484 g/mol. The normalized spacial score (nSPS) is 17.1. The van der Waals surface area contributed by atoms with E-state index in [9.17, 15) is 22.0 Å². The smallest absolute Gasteiger partial charge is 0.286 e. The Morgan fingerprint density at radius 2 is 1.90 bits per heavy atom. The van der Waals surface area contributed by atoms with Crippen LogP contribution >= 0.6 is 22.9 Å². The Morgan fingerprint density at radius 1 is 1.16 bits per heavy atom. The Balaban J connectivity index is 1.57. The average Bonchev–Trinajstić information content (AvgIpc) is 3.41. The van der Waals surface area contributed by atoms with E-state index in [1.54, 1.807) is 24.3 Å². The molecule has 1 atom stereocenters. The Labute approximate surface area is 185 Å². The van der Waals surface area contributed by atoms with Crippen LogP contribution in [0.4, 0.5) is 14.5 Å². The van der Waals surface area contributed by atoms with E-state index in [2.05, 4.69) is 15.5 Å². The van der Waals surface area contributed by atoms with Gasteiger partial charge >= 0.3 is 0 Å². The predicted molar refractivity (Wildman–Crippen MR) is 112 cm³/mol. The Morgan fingerprint density at radius 3 is 2.65 bits per heavy atom. The number of carbonyl (C=O) groups is 1. The summed E-state index contributed by atoms with van der Waals surface area (Å²) in [6.07, 6.45) is 0.927. The molecule has 12 heteroatoms. The number of sulfonamides is 1. The van der Waals surface area contributed by atoms with Crippen molar-refractivity contribution < 1.29 is 22.0 Å². The summed E-state index contributed by atoms with van der Waals surface area (Å²) >= 11 is 6.77. The highest BCUT2D eigenvalue weighted by atomic mass is 35.5. The number of hydrogen-bond donors (Lipinski definition) is 1. The summed E-state index contributed by atoms with van der Waals surface area (Å²) in [5.41, 5.74) is 0.512. The van der Waals surface area contributed by atoms with Gasteiger partial charge < -0.3 is 5.32 Å². The second kappa shape index (κ2) is 8.58. The molecule has 0 spiro atoms. The lowest BCUT2D eigenvalue weighted by Crippen LogP contribution is -2.31. The quantitative estimate of drug-likeness (QED) is 0.584. The van der Waals surface area contributed by atoms with Crippen LogP contribution < -0.4 is 5.32 Å². The maximum atomic E-state index is 14.1. The lowest BCUT2D eigenvalue weighted by Gasteiger charge is -2.22. The molecular formula is C19H15ClF2N4O3S2. The van der Waals surface area contributed by atoms with Crippen molar-refractivity contribution >= 4 is 44.6 Å². The summed E-state index contributed by atoms with van der Waals surface area (Å²) in [5.74, 6) is -2.39. The maximum Gasteiger partial charge on any atom is 0.286 e. The van der Waals surface area contributed by atoms with Gasteiger partial charge in [-0.2, -0.15) is 4.31 Å². The minimum Gasteiger partial charge on any atom is -0.320 e. The van der Waals surface area contributed by atoms with Gasteiger partial charge in [-0.1, -0.05) is 22.9 Å².